The largest absolute Gasteiger partial charge is 0.443 e. The van der Waals surface area contributed by atoms with Gasteiger partial charge in [-0.05, 0) is 20.8 Å². The number of hydrogen-bond donors (Lipinski definition) is 1. The highest BCUT2D eigenvalue weighted by molar-refractivity contribution is 7.13. The molecule has 1 atom stereocenters. The van der Waals surface area contributed by atoms with E-state index in [0.717, 1.165) is 5.01 Å². The van der Waals surface area contributed by atoms with Gasteiger partial charge in [0, 0.05) is 11.6 Å². The first-order chi connectivity index (χ1) is 12.4. The zero-order valence-electron chi connectivity index (χ0n) is 14.5. The fourth-order valence-corrected chi connectivity index (χ4v) is 3.20. The van der Waals surface area contributed by atoms with Gasteiger partial charge in [0.15, 0.2) is 5.82 Å². The van der Waals surface area contributed by atoms with Crippen LogP contribution in [0.25, 0.3) is 0 Å². The van der Waals surface area contributed by atoms with Crippen molar-refractivity contribution in [1.82, 2.24) is 10.1 Å². The Balaban J connectivity index is 1.85. The second-order valence-corrected chi connectivity index (χ2v) is 6.86. The minimum Gasteiger partial charge on any atom is -0.443 e. The van der Waals surface area contributed by atoms with Crippen LogP contribution in [-0.2, 0) is 9.53 Å². The van der Waals surface area contributed by atoms with E-state index in [9.17, 15) is 9.59 Å². The molecule has 0 saturated heterocycles. The zero-order chi connectivity index (χ0) is 18.7. The molecule has 0 unspecified atom stereocenters. The van der Waals surface area contributed by atoms with Crippen LogP contribution in [0.3, 0.4) is 0 Å². The van der Waals surface area contributed by atoms with Crippen molar-refractivity contribution in [3.63, 3.8) is 0 Å². The number of amides is 1. The van der Waals surface area contributed by atoms with Gasteiger partial charge in [0.1, 0.15) is 10.6 Å². The van der Waals surface area contributed by atoms with Crippen molar-refractivity contribution in [2.75, 3.05) is 5.32 Å². The SMILES string of the molecule is Cc1cc(NC(=O)[C@@H](OC(=O)c2sc(C)nc2C)c2ccccc2)no1. The van der Waals surface area contributed by atoms with E-state index in [-0.39, 0.29) is 5.82 Å². The van der Waals surface area contributed by atoms with Crippen molar-refractivity contribution in [3.05, 3.63) is 63.3 Å². The van der Waals surface area contributed by atoms with E-state index in [0.29, 0.717) is 21.9 Å². The first kappa shape index (κ1) is 17.8. The number of benzene rings is 1. The van der Waals surface area contributed by atoms with Crippen molar-refractivity contribution < 1.29 is 18.8 Å². The zero-order valence-corrected chi connectivity index (χ0v) is 15.3. The molecule has 3 rings (SSSR count). The molecule has 0 fully saturated rings. The van der Waals surface area contributed by atoms with E-state index in [2.05, 4.69) is 15.5 Å². The number of rotatable bonds is 5. The third-order valence-corrected chi connectivity index (χ3v) is 4.59. The molecule has 2 heterocycles. The summed E-state index contributed by atoms with van der Waals surface area (Å²) in [6, 6.07) is 10.4. The summed E-state index contributed by atoms with van der Waals surface area (Å²) in [7, 11) is 0. The van der Waals surface area contributed by atoms with Gasteiger partial charge in [-0.15, -0.1) is 11.3 Å². The number of ether oxygens (including phenoxy) is 1. The highest BCUT2D eigenvalue weighted by Gasteiger charge is 2.28. The molecule has 8 heteroatoms. The lowest BCUT2D eigenvalue weighted by Crippen LogP contribution is -2.26. The molecule has 0 spiro atoms. The number of aryl methyl sites for hydroxylation is 3. The molecule has 26 heavy (non-hydrogen) atoms. The highest BCUT2D eigenvalue weighted by atomic mass is 32.1. The second kappa shape index (κ2) is 7.49. The maximum absolute atomic E-state index is 12.7. The average molecular weight is 371 g/mol. The molecule has 2 aromatic heterocycles. The molecule has 0 radical (unpaired) electrons. The Morgan fingerprint density at radius 2 is 1.92 bits per heavy atom. The normalized spacial score (nSPS) is 11.8. The Morgan fingerprint density at radius 1 is 1.19 bits per heavy atom. The van der Waals surface area contributed by atoms with Crippen molar-refractivity contribution in [1.29, 1.82) is 0 Å². The van der Waals surface area contributed by atoms with Crippen LogP contribution in [0.5, 0.6) is 0 Å². The number of nitrogens with one attached hydrogen (secondary N) is 1. The van der Waals surface area contributed by atoms with Crippen LogP contribution in [-0.4, -0.2) is 22.0 Å². The molecule has 134 valence electrons. The minimum absolute atomic E-state index is 0.259. The number of aromatic nitrogens is 2. The van der Waals surface area contributed by atoms with Crippen LogP contribution < -0.4 is 5.32 Å². The maximum Gasteiger partial charge on any atom is 0.351 e. The number of carbonyl (C=O) groups excluding carboxylic acids is 2. The van der Waals surface area contributed by atoms with E-state index in [4.69, 9.17) is 9.26 Å². The number of hydrogen-bond acceptors (Lipinski definition) is 7. The third-order valence-electron chi connectivity index (χ3n) is 3.53. The average Bonchev–Trinajstić information content (AvgIpc) is 3.17. The fraction of sp³-hybridized carbons (Fsp3) is 0.222. The predicted molar refractivity (Wildman–Crippen MR) is 96.1 cm³/mol. The summed E-state index contributed by atoms with van der Waals surface area (Å²) < 4.78 is 10.5. The molecule has 3 aromatic rings. The Kier molecular flexibility index (Phi) is 5.13. The lowest BCUT2D eigenvalue weighted by atomic mass is 10.1. The Hall–Kier alpha value is -3.00. The van der Waals surface area contributed by atoms with Crippen LogP contribution in [0.4, 0.5) is 5.82 Å². The third kappa shape index (κ3) is 3.97. The van der Waals surface area contributed by atoms with Gasteiger partial charge in [-0.2, -0.15) is 0 Å². The van der Waals surface area contributed by atoms with Gasteiger partial charge in [-0.25, -0.2) is 9.78 Å². The van der Waals surface area contributed by atoms with Crippen LogP contribution in [0.1, 0.15) is 37.8 Å². The summed E-state index contributed by atoms with van der Waals surface area (Å²) in [5, 5.41) is 7.09. The summed E-state index contributed by atoms with van der Waals surface area (Å²) >= 11 is 1.23. The van der Waals surface area contributed by atoms with Crippen LogP contribution in [0, 0.1) is 20.8 Å². The number of esters is 1. The summed E-state index contributed by atoms with van der Waals surface area (Å²) in [5.41, 5.74) is 1.13. The Bertz CT molecular complexity index is 933. The van der Waals surface area contributed by atoms with Gasteiger partial charge < -0.3 is 14.6 Å². The predicted octanol–water partition coefficient (Wildman–Crippen LogP) is 3.59. The molecule has 1 aromatic carbocycles. The lowest BCUT2D eigenvalue weighted by Gasteiger charge is -2.17. The van der Waals surface area contributed by atoms with Gasteiger partial charge >= 0.3 is 5.97 Å². The van der Waals surface area contributed by atoms with Crippen LogP contribution in [0.15, 0.2) is 40.9 Å². The standard InChI is InChI=1S/C18H17N3O4S/c1-10-9-14(21-25-10)20-17(22)15(13-7-5-4-6-8-13)24-18(23)16-11(2)19-12(3)26-16/h4-9,15H,1-3H3,(H,20,21,22)/t15-/m0/s1. The second-order valence-electron chi connectivity index (χ2n) is 5.66. The summed E-state index contributed by atoms with van der Waals surface area (Å²) in [4.78, 5) is 29.9. The van der Waals surface area contributed by atoms with Gasteiger partial charge in [0.2, 0.25) is 6.10 Å². The van der Waals surface area contributed by atoms with Crippen molar-refractivity contribution in [2.24, 2.45) is 0 Å². The molecule has 1 amide bonds. The quantitative estimate of drug-likeness (QED) is 0.689. The molecule has 0 aliphatic carbocycles. The van der Waals surface area contributed by atoms with Crippen molar-refractivity contribution in [2.45, 2.75) is 26.9 Å². The molecule has 7 nitrogen and oxygen atoms in total. The molecular formula is C18H17N3O4S. The molecule has 0 aliphatic heterocycles. The molecule has 0 saturated carbocycles. The molecule has 1 N–H and O–H groups in total. The summed E-state index contributed by atoms with van der Waals surface area (Å²) in [6.45, 7) is 5.25. The fourth-order valence-electron chi connectivity index (χ4n) is 2.40. The molecule has 0 aliphatic rings. The Morgan fingerprint density at radius 3 is 2.50 bits per heavy atom. The topological polar surface area (TPSA) is 94.3 Å². The van der Waals surface area contributed by atoms with Crippen LogP contribution in [0.2, 0.25) is 0 Å². The number of nitrogens with zero attached hydrogens (tertiary/aromatic N) is 2. The van der Waals surface area contributed by atoms with Gasteiger partial charge in [0.05, 0.1) is 10.7 Å². The maximum atomic E-state index is 12.7. The van der Waals surface area contributed by atoms with Gasteiger partial charge in [-0.3, -0.25) is 4.79 Å². The lowest BCUT2D eigenvalue weighted by molar-refractivity contribution is -0.125. The van der Waals surface area contributed by atoms with E-state index in [1.807, 2.05) is 13.0 Å². The van der Waals surface area contributed by atoms with E-state index >= 15 is 0 Å². The van der Waals surface area contributed by atoms with Crippen molar-refractivity contribution in [3.8, 4) is 0 Å². The van der Waals surface area contributed by atoms with Gasteiger partial charge in [0.25, 0.3) is 5.91 Å². The summed E-state index contributed by atoms with van der Waals surface area (Å²) in [5.74, 6) is -0.288. The smallest absolute Gasteiger partial charge is 0.351 e. The Labute approximate surface area is 154 Å². The van der Waals surface area contributed by atoms with Gasteiger partial charge in [-0.1, -0.05) is 35.5 Å². The first-order valence-electron chi connectivity index (χ1n) is 7.88. The van der Waals surface area contributed by atoms with Crippen molar-refractivity contribution >= 4 is 29.0 Å². The number of carbonyl (C=O) groups is 2. The molecular weight excluding hydrogens is 354 g/mol. The number of thiazole rings is 1. The summed E-state index contributed by atoms with van der Waals surface area (Å²) in [6.07, 6.45) is -1.12. The monoisotopic (exact) mass is 371 g/mol. The highest BCUT2D eigenvalue weighted by Crippen LogP contribution is 2.25. The first-order valence-corrected chi connectivity index (χ1v) is 8.70. The van der Waals surface area contributed by atoms with E-state index < -0.39 is 18.0 Å². The van der Waals surface area contributed by atoms with Crippen LogP contribution >= 0.6 is 11.3 Å². The van der Waals surface area contributed by atoms with E-state index in [1.54, 1.807) is 44.2 Å². The molecule has 0 bridgehead atoms. The number of anilines is 1. The van der Waals surface area contributed by atoms with E-state index in [1.165, 1.54) is 11.3 Å². The minimum atomic E-state index is -1.12.